The number of nitrogens with zero attached hydrogens (tertiary/aromatic N) is 1. The number of rotatable bonds is 5. The van der Waals surface area contributed by atoms with E-state index in [1.165, 1.54) is 5.32 Å². The standard InChI is InChI=1S/C16H25NO2Si/c1-6-19-15(18)11-9-13-20(5,16(2,3)4)14-10-7-8-12-17-14/h7-12H,6,13H2,1-5H3/b11-9+. The number of aromatic nitrogens is 1. The molecule has 0 saturated carbocycles. The van der Waals surface area contributed by atoms with E-state index in [1.54, 1.807) is 6.08 Å². The summed E-state index contributed by atoms with van der Waals surface area (Å²) in [7, 11) is -1.82. The highest BCUT2D eigenvalue weighted by atomic mass is 28.3. The summed E-state index contributed by atoms with van der Waals surface area (Å²) < 4.78 is 4.92. The SMILES string of the molecule is CCOC(=O)/C=C/C[Si](C)(c1ccccn1)C(C)(C)C. The summed E-state index contributed by atoms with van der Waals surface area (Å²) in [5.74, 6) is -0.265. The fourth-order valence-corrected chi connectivity index (χ4v) is 5.07. The molecule has 0 aliphatic rings. The quantitative estimate of drug-likeness (QED) is 0.475. The molecule has 3 nitrogen and oxygen atoms in total. The molecule has 0 aromatic carbocycles. The van der Waals surface area contributed by atoms with E-state index in [9.17, 15) is 4.79 Å². The Morgan fingerprint density at radius 3 is 2.60 bits per heavy atom. The molecule has 0 fully saturated rings. The first-order valence-electron chi connectivity index (χ1n) is 7.06. The number of carbonyl (C=O) groups is 1. The number of hydrogen-bond acceptors (Lipinski definition) is 3. The van der Waals surface area contributed by atoms with Gasteiger partial charge in [0.1, 0.15) is 8.07 Å². The molecule has 1 heterocycles. The third-order valence-corrected chi connectivity index (χ3v) is 9.74. The van der Waals surface area contributed by atoms with Gasteiger partial charge < -0.3 is 4.74 Å². The van der Waals surface area contributed by atoms with Gasteiger partial charge in [0.2, 0.25) is 0 Å². The highest BCUT2D eigenvalue weighted by molar-refractivity contribution is 6.92. The van der Waals surface area contributed by atoms with Crippen molar-refractivity contribution in [1.82, 2.24) is 4.98 Å². The van der Waals surface area contributed by atoms with Crippen LogP contribution in [-0.2, 0) is 9.53 Å². The predicted molar refractivity (Wildman–Crippen MR) is 85.8 cm³/mol. The molecule has 110 valence electrons. The van der Waals surface area contributed by atoms with Crippen LogP contribution in [0.4, 0.5) is 0 Å². The van der Waals surface area contributed by atoms with Crippen molar-refractivity contribution in [2.24, 2.45) is 0 Å². The van der Waals surface area contributed by atoms with Crippen molar-refractivity contribution in [2.75, 3.05) is 6.61 Å². The number of carbonyl (C=O) groups excluding carboxylic acids is 1. The lowest BCUT2D eigenvalue weighted by Gasteiger charge is -2.38. The van der Waals surface area contributed by atoms with E-state index in [1.807, 2.05) is 31.3 Å². The lowest BCUT2D eigenvalue weighted by Crippen LogP contribution is -2.53. The van der Waals surface area contributed by atoms with E-state index in [4.69, 9.17) is 4.74 Å². The highest BCUT2D eigenvalue weighted by Gasteiger charge is 2.41. The summed E-state index contributed by atoms with van der Waals surface area (Å²) in [6.45, 7) is 11.3. The molecule has 0 aliphatic carbocycles. The topological polar surface area (TPSA) is 39.2 Å². The number of hydrogen-bond donors (Lipinski definition) is 0. The van der Waals surface area contributed by atoms with Crippen molar-refractivity contribution in [3.8, 4) is 0 Å². The number of ether oxygens (including phenoxy) is 1. The van der Waals surface area contributed by atoms with Crippen molar-refractivity contribution in [1.29, 1.82) is 0 Å². The zero-order chi connectivity index (χ0) is 15.2. The van der Waals surface area contributed by atoms with Crippen LogP contribution in [0.15, 0.2) is 36.5 Å². The normalized spacial score (nSPS) is 15.1. The minimum Gasteiger partial charge on any atom is -0.463 e. The average Bonchev–Trinajstić information content (AvgIpc) is 2.38. The van der Waals surface area contributed by atoms with Gasteiger partial charge in [-0.25, -0.2) is 4.79 Å². The zero-order valence-corrected chi connectivity index (χ0v) is 14.1. The maximum Gasteiger partial charge on any atom is 0.330 e. The van der Waals surface area contributed by atoms with Crippen molar-refractivity contribution in [3.05, 3.63) is 36.5 Å². The third kappa shape index (κ3) is 4.03. The Kier molecular flexibility index (Phi) is 5.69. The molecule has 0 amide bonds. The van der Waals surface area contributed by atoms with Crippen molar-refractivity contribution >= 4 is 19.4 Å². The van der Waals surface area contributed by atoms with Crippen LogP contribution in [0.2, 0.25) is 17.6 Å². The molecule has 4 heteroatoms. The minimum atomic E-state index is -1.82. The molecule has 0 aliphatic heterocycles. The maximum absolute atomic E-state index is 11.4. The molecule has 1 atom stereocenters. The van der Waals surface area contributed by atoms with E-state index in [2.05, 4.69) is 38.4 Å². The molecule has 0 saturated heterocycles. The first kappa shape index (κ1) is 16.6. The molecule has 0 radical (unpaired) electrons. The second kappa shape index (κ2) is 6.84. The summed E-state index contributed by atoms with van der Waals surface area (Å²) in [6.07, 6.45) is 5.34. The lowest BCUT2D eigenvalue weighted by atomic mass is 10.2. The summed E-state index contributed by atoms with van der Waals surface area (Å²) >= 11 is 0. The van der Waals surface area contributed by atoms with Gasteiger partial charge in [-0.1, -0.05) is 39.5 Å². The summed E-state index contributed by atoms with van der Waals surface area (Å²) in [5, 5.41) is 1.35. The Balaban J connectivity index is 2.95. The smallest absolute Gasteiger partial charge is 0.330 e. The Labute approximate surface area is 123 Å². The maximum atomic E-state index is 11.4. The molecule has 0 N–H and O–H groups in total. The van der Waals surface area contributed by atoms with E-state index < -0.39 is 8.07 Å². The van der Waals surface area contributed by atoms with Gasteiger partial charge in [-0.2, -0.15) is 0 Å². The molecule has 1 rings (SSSR count). The second-order valence-electron chi connectivity index (χ2n) is 6.16. The van der Waals surface area contributed by atoms with Crippen LogP contribution in [0.3, 0.4) is 0 Å². The van der Waals surface area contributed by atoms with Crippen LogP contribution >= 0.6 is 0 Å². The number of pyridine rings is 1. The van der Waals surface area contributed by atoms with Gasteiger partial charge in [0.25, 0.3) is 0 Å². The lowest BCUT2D eigenvalue weighted by molar-refractivity contribution is -0.137. The second-order valence-corrected chi connectivity index (χ2v) is 11.2. The molecule has 1 aromatic rings. The van der Waals surface area contributed by atoms with Gasteiger partial charge in [-0.05, 0) is 30.1 Å². The van der Waals surface area contributed by atoms with E-state index in [0.717, 1.165) is 6.04 Å². The zero-order valence-electron chi connectivity index (χ0n) is 13.1. The van der Waals surface area contributed by atoms with Crippen LogP contribution in [0.1, 0.15) is 27.7 Å². The third-order valence-electron chi connectivity index (χ3n) is 3.95. The minimum absolute atomic E-state index is 0.167. The predicted octanol–water partition coefficient (Wildman–Crippen LogP) is 3.29. The van der Waals surface area contributed by atoms with Crippen molar-refractivity contribution in [2.45, 2.75) is 45.3 Å². The average molecular weight is 291 g/mol. The molecule has 0 bridgehead atoms. The van der Waals surface area contributed by atoms with Crippen LogP contribution < -0.4 is 5.32 Å². The first-order valence-corrected chi connectivity index (χ1v) is 9.77. The van der Waals surface area contributed by atoms with Crippen molar-refractivity contribution < 1.29 is 9.53 Å². The Morgan fingerprint density at radius 1 is 1.40 bits per heavy atom. The van der Waals surface area contributed by atoms with Crippen LogP contribution in [0.25, 0.3) is 0 Å². The number of esters is 1. The van der Waals surface area contributed by atoms with E-state index in [0.29, 0.717) is 6.61 Å². The van der Waals surface area contributed by atoms with E-state index in [-0.39, 0.29) is 11.0 Å². The molecule has 20 heavy (non-hydrogen) atoms. The van der Waals surface area contributed by atoms with Gasteiger partial charge in [0.15, 0.2) is 0 Å². The van der Waals surface area contributed by atoms with Crippen LogP contribution in [0, 0.1) is 0 Å². The van der Waals surface area contributed by atoms with Gasteiger partial charge in [-0.3, -0.25) is 4.98 Å². The van der Waals surface area contributed by atoms with Crippen LogP contribution in [0.5, 0.6) is 0 Å². The monoisotopic (exact) mass is 291 g/mol. The molecular weight excluding hydrogens is 266 g/mol. The summed E-state index contributed by atoms with van der Waals surface area (Å²) in [4.78, 5) is 16.0. The Hall–Kier alpha value is -1.42. The molecule has 1 unspecified atom stereocenters. The van der Waals surface area contributed by atoms with Gasteiger partial charge in [-0.15, -0.1) is 0 Å². The van der Waals surface area contributed by atoms with Crippen LogP contribution in [-0.4, -0.2) is 25.6 Å². The molecular formula is C16H25NO2Si. The summed E-state index contributed by atoms with van der Waals surface area (Å²) in [6, 6.07) is 6.96. The first-order chi connectivity index (χ1) is 9.31. The molecule has 1 aromatic heterocycles. The van der Waals surface area contributed by atoms with Gasteiger partial charge in [0.05, 0.1) is 6.61 Å². The fourth-order valence-electron chi connectivity index (χ4n) is 2.07. The van der Waals surface area contributed by atoms with Gasteiger partial charge >= 0.3 is 5.97 Å². The largest absolute Gasteiger partial charge is 0.463 e. The fraction of sp³-hybridized carbons (Fsp3) is 0.500. The summed E-state index contributed by atoms with van der Waals surface area (Å²) in [5.41, 5.74) is 0. The Bertz CT molecular complexity index is 465. The van der Waals surface area contributed by atoms with Gasteiger partial charge in [0, 0.05) is 17.6 Å². The molecule has 0 spiro atoms. The Morgan fingerprint density at radius 2 is 2.10 bits per heavy atom. The van der Waals surface area contributed by atoms with E-state index >= 15 is 0 Å². The highest BCUT2D eigenvalue weighted by Crippen LogP contribution is 2.38. The van der Waals surface area contributed by atoms with Crippen molar-refractivity contribution in [3.63, 3.8) is 0 Å². The number of allylic oxidation sites excluding steroid dienone is 1.